The van der Waals surface area contributed by atoms with E-state index in [4.69, 9.17) is 9.84 Å². The zero-order valence-corrected chi connectivity index (χ0v) is 9.87. The highest BCUT2D eigenvalue weighted by atomic mass is 19.1. The first-order valence-corrected chi connectivity index (χ1v) is 5.25. The van der Waals surface area contributed by atoms with Crippen LogP contribution in [0.5, 0.6) is 0 Å². The third kappa shape index (κ3) is 3.80. The second-order valence-electron chi connectivity index (χ2n) is 3.79. The van der Waals surface area contributed by atoms with Crippen molar-refractivity contribution in [2.24, 2.45) is 0 Å². The van der Waals surface area contributed by atoms with E-state index in [2.05, 4.69) is 5.32 Å². The molecule has 1 rings (SSSR count). The van der Waals surface area contributed by atoms with Gasteiger partial charge in [0, 0.05) is 7.11 Å². The summed E-state index contributed by atoms with van der Waals surface area (Å²) in [5, 5.41) is 11.5. The van der Waals surface area contributed by atoms with E-state index in [0.29, 0.717) is 0 Å². The predicted octanol–water partition coefficient (Wildman–Crippen LogP) is 0.871. The molecular formula is C12H16FNO3. The Kier molecular flexibility index (Phi) is 5.06. The van der Waals surface area contributed by atoms with Crippen LogP contribution < -0.4 is 5.32 Å². The molecule has 0 heterocycles. The molecule has 0 aromatic heterocycles. The van der Waals surface area contributed by atoms with Gasteiger partial charge in [0.15, 0.2) is 0 Å². The van der Waals surface area contributed by atoms with Gasteiger partial charge in [-0.2, -0.15) is 0 Å². The second-order valence-corrected chi connectivity index (χ2v) is 3.79. The van der Waals surface area contributed by atoms with Gasteiger partial charge in [-0.15, -0.1) is 0 Å². The summed E-state index contributed by atoms with van der Waals surface area (Å²) in [6.07, 6.45) is 0. The number of ether oxygens (including phenoxy) is 1. The van der Waals surface area contributed by atoms with Crippen LogP contribution >= 0.6 is 0 Å². The summed E-state index contributed by atoms with van der Waals surface area (Å²) in [6.45, 7) is 1.69. The number of hydrogen-bond acceptors (Lipinski definition) is 3. The van der Waals surface area contributed by atoms with Crippen molar-refractivity contribution in [3.63, 3.8) is 0 Å². The third-order valence-electron chi connectivity index (χ3n) is 2.29. The van der Waals surface area contributed by atoms with Gasteiger partial charge in [-0.25, -0.2) is 4.39 Å². The van der Waals surface area contributed by atoms with Crippen LogP contribution in [-0.2, 0) is 4.74 Å². The van der Waals surface area contributed by atoms with E-state index in [-0.39, 0.29) is 18.8 Å². The van der Waals surface area contributed by atoms with Crippen LogP contribution in [0, 0.1) is 12.7 Å². The first kappa shape index (κ1) is 13.6. The topological polar surface area (TPSA) is 58.6 Å². The summed E-state index contributed by atoms with van der Waals surface area (Å²) in [4.78, 5) is 11.7. The van der Waals surface area contributed by atoms with E-state index in [1.54, 1.807) is 13.0 Å². The maximum Gasteiger partial charge on any atom is 0.254 e. The van der Waals surface area contributed by atoms with Gasteiger partial charge >= 0.3 is 0 Å². The van der Waals surface area contributed by atoms with Crippen LogP contribution in [0.1, 0.15) is 15.9 Å². The number of methoxy groups -OCH3 is 1. The summed E-state index contributed by atoms with van der Waals surface area (Å²) < 4.78 is 18.2. The SMILES string of the molecule is COCC(CO)NC(=O)c1cc(C)ccc1F. The average molecular weight is 241 g/mol. The van der Waals surface area contributed by atoms with Gasteiger partial charge in [0.1, 0.15) is 5.82 Å². The molecule has 0 saturated heterocycles. The first-order chi connectivity index (χ1) is 8.08. The Bertz CT molecular complexity index is 395. The van der Waals surface area contributed by atoms with Crippen molar-refractivity contribution in [2.45, 2.75) is 13.0 Å². The molecule has 1 aromatic rings. The summed E-state index contributed by atoms with van der Waals surface area (Å²) >= 11 is 0. The summed E-state index contributed by atoms with van der Waals surface area (Å²) in [7, 11) is 1.46. The average Bonchev–Trinajstić information content (AvgIpc) is 2.31. The van der Waals surface area contributed by atoms with Gasteiger partial charge in [0.05, 0.1) is 24.8 Å². The third-order valence-corrected chi connectivity index (χ3v) is 2.29. The fourth-order valence-corrected chi connectivity index (χ4v) is 1.42. The van der Waals surface area contributed by atoms with Crippen molar-refractivity contribution in [3.05, 3.63) is 35.1 Å². The number of carbonyl (C=O) groups is 1. The zero-order chi connectivity index (χ0) is 12.8. The van der Waals surface area contributed by atoms with E-state index in [1.807, 2.05) is 0 Å². The lowest BCUT2D eigenvalue weighted by Gasteiger charge is -2.15. The number of aryl methyl sites for hydroxylation is 1. The summed E-state index contributed by atoms with van der Waals surface area (Å²) in [5.41, 5.74) is 0.767. The summed E-state index contributed by atoms with van der Waals surface area (Å²) in [6, 6.07) is 3.76. The molecule has 0 fully saturated rings. The Morgan fingerprint density at radius 2 is 2.29 bits per heavy atom. The molecule has 4 nitrogen and oxygen atoms in total. The van der Waals surface area contributed by atoms with Gasteiger partial charge in [-0.1, -0.05) is 11.6 Å². The number of benzene rings is 1. The van der Waals surface area contributed by atoms with Gasteiger partial charge in [0.25, 0.3) is 5.91 Å². The Balaban J connectivity index is 2.78. The summed E-state index contributed by atoms with van der Waals surface area (Å²) in [5.74, 6) is -1.13. The highest BCUT2D eigenvalue weighted by molar-refractivity contribution is 5.94. The molecule has 1 amide bonds. The molecule has 0 bridgehead atoms. The smallest absolute Gasteiger partial charge is 0.254 e. The molecule has 0 radical (unpaired) electrons. The van der Waals surface area contributed by atoms with E-state index < -0.39 is 17.8 Å². The minimum absolute atomic E-state index is 0.0282. The second kappa shape index (κ2) is 6.32. The molecule has 1 atom stereocenters. The minimum Gasteiger partial charge on any atom is -0.394 e. The largest absolute Gasteiger partial charge is 0.394 e. The number of nitrogens with one attached hydrogen (secondary N) is 1. The molecule has 1 unspecified atom stereocenters. The van der Waals surface area contributed by atoms with Crippen LogP contribution in [-0.4, -0.2) is 37.4 Å². The maximum atomic E-state index is 13.4. The standard InChI is InChI=1S/C12H16FNO3/c1-8-3-4-11(13)10(5-8)12(16)14-9(6-15)7-17-2/h3-5,9,15H,6-7H2,1-2H3,(H,14,16). The molecular weight excluding hydrogens is 225 g/mol. The molecule has 0 spiro atoms. The normalized spacial score (nSPS) is 12.2. The van der Waals surface area contributed by atoms with Crippen LogP contribution in [0.15, 0.2) is 18.2 Å². The van der Waals surface area contributed by atoms with E-state index >= 15 is 0 Å². The Hall–Kier alpha value is -1.46. The Morgan fingerprint density at radius 1 is 1.59 bits per heavy atom. The number of rotatable bonds is 5. The Morgan fingerprint density at radius 3 is 2.88 bits per heavy atom. The molecule has 0 aliphatic rings. The maximum absolute atomic E-state index is 13.4. The Labute approximate surface area is 99.4 Å². The van der Waals surface area contributed by atoms with Gasteiger partial charge in [0.2, 0.25) is 0 Å². The van der Waals surface area contributed by atoms with Crippen molar-refractivity contribution in [1.29, 1.82) is 0 Å². The van der Waals surface area contributed by atoms with Gasteiger partial charge in [-0.3, -0.25) is 4.79 Å². The molecule has 94 valence electrons. The number of aliphatic hydroxyl groups is 1. The fourth-order valence-electron chi connectivity index (χ4n) is 1.42. The number of halogens is 1. The van der Waals surface area contributed by atoms with E-state index in [9.17, 15) is 9.18 Å². The van der Waals surface area contributed by atoms with Crippen molar-refractivity contribution in [2.75, 3.05) is 20.3 Å². The highest BCUT2D eigenvalue weighted by Crippen LogP contribution is 2.10. The van der Waals surface area contributed by atoms with Crippen molar-refractivity contribution in [1.82, 2.24) is 5.32 Å². The quantitative estimate of drug-likeness (QED) is 0.804. The lowest BCUT2D eigenvalue weighted by Crippen LogP contribution is -2.40. The number of aliphatic hydroxyl groups excluding tert-OH is 1. The van der Waals surface area contributed by atoms with Gasteiger partial charge < -0.3 is 15.2 Å². The van der Waals surface area contributed by atoms with Gasteiger partial charge in [-0.05, 0) is 19.1 Å². The highest BCUT2D eigenvalue weighted by Gasteiger charge is 2.16. The minimum atomic E-state index is -0.581. The van der Waals surface area contributed by atoms with Crippen molar-refractivity contribution in [3.8, 4) is 0 Å². The number of carbonyl (C=O) groups excluding carboxylic acids is 1. The lowest BCUT2D eigenvalue weighted by atomic mass is 10.1. The number of hydrogen-bond donors (Lipinski definition) is 2. The molecule has 2 N–H and O–H groups in total. The predicted molar refractivity (Wildman–Crippen MR) is 61.4 cm³/mol. The molecule has 0 aliphatic carbocycles. The molecule has 5 heteroatoms. The van der Waals surface area contributed by atoms with Crippen molar-refractivity contribution >= 4 is 5.91 Å². The van der Waals surface area contributed by atoms with Crippen LogP contribution in [0.25, 0.3) is 0 Å². The first-order valence-electron chi connectivity index (χ1n) is 5.25. The molecule has 1 aromatic carbocycles. The van der Waals surface area contributed by atoms with Crippen LogP contribution in [0.2, 0.25) is 0 Å². The molecule has 0 aliphatic heterocycles. The van der Waals surface area contributed by atoms with E-state index in [1.165, 1.54) is 19.2 Å². The van der Waals surface area contributed by atoms with E-state index in [0.717, 1.165) is 5.56 Å². The van der Waals surface area contributed by atoms with Crippen LogP contribution in [0.4, 0.5) is 4.39 Å². The molecule has 0 saturated carbocycles. The molecule has 17 heavy (non-hydrogen) atoms. The van der Waals surface area contributed by atoms with Crippen molar-refractivity contribution < 1.29 is 19.0 Å². The van der Waals surface area contributed by atoms with Crippen LogP contribution in [0.3, 0.4) is 0 Å². The lowest BCUT2D eigenvalue weighted by molar-refractivity contribution is 0.0836. The zero-order valence-electron chi connectivity index (χ0n) is 9.87. The number of amides is 1. The monoisotopic (exact) mass is 241 g/mol. The fraction of sp³-hybridized carbons (Fsp3) is 0.417.